The van der Waals surface area contributed by atoms with Crippen LogP contribution in [0.15, 0.2) is 140 Å². The summed E-state index contributed by atoms with van der Waals surface area (Å²) < 4.78 is 5.30. The highest BCUT2D eigenvalue weighted by Gasteiger charge is 2.35. The smallest absolute Gasteiger partial charge is 0.0561 e. The van der Waals surface area contributed by atoms with E-state index >= 15 is 0 Å². The van der Waals surface area contributed by atoms with E-state index in [2.05, 4.69) is 158 Å². The van der Waals surface area contributed by atoms with E-state index in [0.29, 0.717) is 0 Å². The molecule has 0 saturated carbocycles. The Morgan fingerprint density at radius 1 is 0.478 bits per heavy atom. The molecule has 1 nitrogen and oxygen atoms in total. The summed E-state index contributed by atoms with van der Waals surface area (Å²) in [5.74, 6) is 0. The van der Waals surface area contributed by atoms with Gasteiger partial charge in [0.25, 0.3) is 0 Å². The lowest BCUT2D eigenvalue weighted by Crippen LogP contribution is -2.15. The molecule has 1 aliphatic carbocycles. The van der Waals surface area contributed by atoms with Crippen molar-refractivity contribution >= 4 is 90.9 Å². The molecule has 10 rings (SSSR count). The fraction of sp³-hybridized carbons (Fsp3) is 0.0698. The van der Waals surface area contributed by atoms with Crippen LogP contribution in [-0.4, -0.2) is 0 Å². The summed E-state index contributed by atoms with van der Waals surface area (Å²) in [4.78, 5) is 2.52. The fourth-order valence-electron chi connectivity index (χ4n) is 7.84. The van der Waals surface area contributed by atoms with Gasteiger partial charge < -0.3 is 4.90 Å². The van der Waals surface area contributed by atoms with Crippen LogP contribution in [0.5, 0.6) is 0 Å². The average molecular weight is 624 g/mol. The Hall–Kier alpha value is -4.96. The standard InChI is InChI=1S/C43H29NS2/c1-43(2)35-16-8-5-13-30(35)34-24-27(20-22-36(34)43)44(28-19-21-32-31-14-6-9-17-38(31)45-40(32)25-28)37-23-26-11-3-4-12-29(26)42-41(37)33-15-7-10-18-39(33)46-42/h3-25H,1-2H3. The molecule has 0 atom stereocenters. The Bertz CT molecular complexity index is 2690. The van der Waals surface area contributed by atoms with Gasteiger partial charge in [-0.2, -0.15) is 0 Å². The van der Waals surface area contributed by atoms with E-state index in [0.717, 1.165) is 0 Å². The molecule has 7 aromatic carbocycles. The van der Waals surface area contributed by atoms with Crippen molar-refractivity contribution in [3.8, 4) is 11.1 Å². The average Bonchev–Trinajstić information content (AvgIpc) is 3.73. The Morgan fingerprint density at radius 2 is 1.11 bits per heavy atom. The third kappa shape index (κ3) is 3.61. The van der Waals surface area contributed by atoms with Gasteiger partial charge in [-0.1, -0.05) is 111 Å². The number of rotatable bonds is 3. The maximum absolute atomic E-state index is 2.52. The van der Waals surface area contributed by atoms with Crippen molar-refractivity contribution in [3.05, 3.63) is 151 Å². The van der Waals surface area contributed by atoms with Gasteiger partial charge in [-0.05, 0) is 75.5 Å². The van der Waals surface area contributed by atoms with Crippen molar-refractivity contribution in [1.82, 2.24) is 0 Å². The lowest BCUT2D eigenvalue weighted by atomic mass is 9.82. The Balaban J connectivity index is 1.31. The zero-order chi connectivity index (χ0) is 30.6. The quantitative estimate of drug-likeness (QED) is 0.189. The van der Waals surface area contributed by atoms with Gasteiger partial charge in [-0.3, -0.25) is 0 Å². The van der Waals surface area contributed by atoms with Gasteiger partial charge in [0, 0.05) is 57.1 Å². The number of nitrogens with zero attached hydrogens (tertiary/aromatic N) is 1. The minimum absolute atomic E-state index is 0.0367. The molecular formula is C43H29NS2. The molecule has 0 amide bonds. The van der Waals surface area contributed by atoms with Crippen molar-refractivity contribution in [2.75, 3.05) is 4.90 Å². The van der Waals surface area contributed by atoms with E-state index in [4.69, 9.17) is 0 Å². The second-order valence-electron chi connectivity index (χ2n) is 12.9. The van der Waals surface area contributed by atoms with E-state index in [1.54, 1.807) is 0 Å². The highest BCUT2D eigenvalue weighted by Crippen LogP contribution is 2.53. The third-order valence-electron chi connectivity index (χ3n) is 10.0. The second-order valence-corrected chi connectivity index (χ2v) is 15.1. The second kappa shape index (κ2) is 9.53. The number of thiophene rings is 2. The van der Waals surface area contributed by atoms with Crippen molar-refractivity contribution < 1.29 is 0 Å². The number of hydrogen-bond donors (Lipinski definition) is 0. The maximum atomic E-state index is 2.52. The zero-order valence-corrected chi connectivity index (χ0v) is 27.2. The summed E-state index contributed by atoms with van der Waals surface area (Å²) in [5.41, 5.74) is 9.00. The van der Waals surface area contributed by atoms with Crippen LogP contribution >= 0.6 is 22.7 Å². The summed E-state index contributed by atoms with van der Waals surface area (Å²) in [7, 11) is 0. The molecular weight excluding hydrogens is 595 g/mol. The minimum Gasteiger partial charge on any atom is -0.310 e. The maximum Gasteiger partial charge on any atom is 0.0561 e. The first-order valence-electron chi connectivity index (χ1n) is 15.9. The van der Waals surface area contributed by atoms with Crippen LogP contribution in [0.2, 0.25) is 0 Å². The van der Waals surface area contributed by atoms with Gasteiger partial charge in [0.2, 0.25) is 0 Å². The van der Waals surface area contributed by atoms with Gasteiger partial charge in [-0.15, -0.1) is 22.7 Å². The van der Waals surface area contributed by atoms with Crippen LogP contribution in [-0.2, 0) is 5.41 Å². The van der Waals surface area contributed by atoms with Gasteiger partial charge >= 0.3 is 0 Å². The van der Waals surface area contributed by atoms with E-state index in [1.165, 1.54) is 90.4 Å². The van der Waals surface area contributed by atoms with Crippen LogP contribution in [0, 0.1) is 0 Å². The molecule has 1 aliphatic rings. The van der Waals surface area contributed by atoms with E-state index in [1.807, 2.05) is 22.7 Å². The fourth-order valence-corrected chi connectivity index (χ4v) is 10.2. The number of anilines is 3. The van der Waals surface area contributed by atoms with Crippen molar-refractivity contribution in [1.29, 1.82) is 0 Å². The molecule has 3 heteroatoms. The highest BCUT2D eigenvalue weighted by molar-refractivity contribution is 7.27. The summed E-state index contributed by atoms with van der Waals surface area (Å²) in [5, 5.41) is 7.84. The summed E-state index contributed by atoms with van der Waals surface area (Å²) >= 11 is 3.78. The lowest BCUT2D eigenvalue weighted by molar-refractivity contribution is 0.660. The van der Waals surface area contributed by atoms with Crippen molar-refractivity contribution in [2.24, 2.45) is 0 Å². The van der Waals surface area contributed by atoms with Gasteiger partial charge in [0.05, 0.1) is 5.69 Å². The molecule has 0 N–H and O–H groups in total. The van der Waals surface area contributed by atoms with E-state index in [-0.39, 0.29) is 5.41 Å². The van der Waals surface area contributed by atoms with E-state index < -0.39 is 0 Å². The predicted octanol–water partition coefficient (Wildman–Crippen LogP) is 13.4. The summed E-state index contributed by atoms with van der Waals surface area (Å²) in [6.07, 6.45) is 0. The zero-order valence-electron chi connectivity index (χ0n) is 25.5. The highest BCUT2D eigenvalue weighted by atomic mass is 32.1. The van der Waals surface area contributed by atoms with Crippen LogP contribution in [0.3, 0.4) is 0 Å². The third-order valence-corrected chi connectivity index (χ3v) is 12.4. The molecule has 0 saturated heterocycles. The van der Waals surface area contributed by atoms with Crippen LogP contribution in [0.4, 0.5) is 17.1 Å². The summed E-state index contributed by atoms with van der Waals surface area (Å²) in [6.45, 7) is 4.71. The van der Waals surface area contributed by atoms with E-state index in [9.17, 15) is 0 Å². The Labute approximate surface area is 275 Å². The Kier molecular flexibility index (Phi) is 5.44. The van der Waals surface area contributed by atoms with Crippen molar-refractivity contribution in [3.63, 3.8) is 0 Å². The first-order valence-corrected chi connectivity index (χ1v) is 17.5. The number of fused-ring (bicyclic) bond motifs is 11. The number of benzene rings is 7. The lowest BCUT2D eigenvalue weighted by Gasteiger charge is -2.28. The molecule has 0 radical (unpaired) electrons. The predicted molar refractivity (Wildman–Crippen MR) is 202 cm³/mol. The van der Waals surface area contributed by atoms with Crippen LogP contribution in [0.1, 0.15) is 25.0 Å². The van der Waals surface area contributed by atoms with Gasteiger partial charge in [0.15, 0.2) is 0 Å². The molecule has 2 aromatic heterocycles. The monoisotopic (exact) mass is 623 g/mol. The normalized spacial score (nSPS) is 13.6. The first-order chi connectivity index (χ1) is 22.6. The SMILES string of the molecule is CC1(C)c2ccccc2-c2cc(N(c3ccc4c(c3)sc3ccccc34)c3cc4ccccc4c4sc5ccccc5c34)ccc21. The minimum atomic E-state index is -0.0367. The molecule has 9 aromatic rings. The molecule has 0 unspecified atom stereocenters. The molecule has 0 aliphatic heterocycles. The molecule has 218 valence electrons. The molecule has 0 spiro atoms. The van der Waals surface area contributed by atoms with Crippen molar-refractivity contribution in [2.45, 2.75) is 19.3 Å². The van der Waals surface area contributed by atoms with Gasteiger partial charge in [-0.25, -0.2) is 0 Å². The largest absolute Gasteiger partial charge is 0.310 e. The van der Waals surface area contributed by atoms with Crippen LogP contribution in [0.25, 0.3) is 62.2 Å². The van der Waals surface area contributed by atoms with Gasteiger partial charge in [0.1, 0.15) is 0 Å². The Morgan fingerprint density at radius 3 is 1.98 bits per heavy atom. The van der Waals surface area contributed by atoms with Crippen LogP contribution < -0.4 is 4.90 Å². The topological polar surface area (TPSA) is 3.24 Å². The molecule has 0 bridgehead atoms. The first kappa shape index (κ1) is 26.3. The molecule has 46 heavy (non-hydrogen) atoms. The molecule has 2 heterocycles. The summed E-state index contributed by atoms with van der Waals surface area (Å²) in [6, 6.07) is 52.1. The molecule has 0 fully saturated rings. The number of hydrogen-bond acceptors (Lipinski definition) is 3.